The van der Waals surface area contributed by atoms with E-state index in [0.717, 1.165) is 12.8 Å². The fourth-order valence-corrected chi connectivity index (χ4v) is 7.11. The summed E-state index contributed by atoms with van der Waals surface area (Å²) in [4.78, 5) is 0. The van der Waals surface area contributed by atoms with E-state index in [9.17, 15) is 0 Å². The van der Waals surface area contributed by atoms with Crippen LogP contribution in [0.4, 0.5) is 0 Å². The molecule has 9 rings (SSSR count). The van der Waals surface area contributed by atoms with Crippen LogP contribution in [0.15, 0.2) is 213 Å². The van der Waals surface area contributed by atoms with E-state index in [4.69, 9.17) is 59.5 Å². The molecule has 0 aliphatic carbocycles. The van der Waals surface area contributed by atoms with Crippen molar-refractivity contribution in [2.75, 3.05) is 0 Å². The summed E-state index contributed by atoms with van der Waals surface area (Å²) in [7, 11) is 0. The molecule has 6 aromatic carbocycles. The van der Waals surface area contributed by atoms with E-state index in [2.05, 4.69) is 13.8 Å². The van der Waals surface area contributed by atoms with Crippen molar-refractivity contribution in [3.8, 4) is 0 Å². The van der Waals surface area contributed by atoms with Crippen molar-refractivity contribution in [2.24, 2.45) is 30.9 Å². The SMILES string of the molecule is CCCC[B-]12O/N=C(c3ccccc3)/C(c3ccccc3)=N/O[B-](CCCC)(O/N=C(c3ccccc3)/C(c3ccccc3)=N/O1)O/N=C(c1ccccc1)/C(c1ccccc1)=N/O2.[Co+2]. The molecular weight excluding hydrogens is 861 g/mol. The maximum atomic E-state index is 6.75. The standard InChI is InChI=1S/C50H48B2N6O6.Co/c1-3-5-37-51-59-53-45(39-25-13-7-14-26-39)48(42-31-19-10-20-32-42)56-62-52(38-6-4-2,63-57-49(43-33-21-11-22-34-43)46(54-60-51)40-27-15-8-16-28-40)64-58-50(44-35-23-12-24-36-44)47(55-61-51)41-29-17-9-18-30-41;/h7-36H,3-6,37-38H2,1-2H3;/q-2;+2/b53-45+,54-46+,55-47+,56-48+,57-49+,58-50+;. The van der Waals surface area contributed by atoms with Crippen LogP contribution in [-0.2, 0) is 45.3 Å². The van der Waals surface area contributed by atoms with Crippen molar-refractivity contribution in [2.45, 2.75) is 52.2 Å². The van der Waals surface area contributed by atoms with Crippen molar-refractivity contribution in [1.82, 2.24) is 0 Å². The normalized spacial score (nSPS) is 23.5. The summed E-state index contributed by atoms with van der Waals surface area (Å²) in [6.45, 7) is -2.00. The van der Waals surface area contributed by atoms with Crippen molar-refractivity contribution in [3.05, 3.63) is 215 Å². The molecule has 12 nitrogen and oxygen atoms in total. The molecule has 0 saturated heterocycles. The third-order valence-electron chi connectivity index (χ3n) is 10.6. The molecule has 0 amide bonds. The minimum absolute atomic E-state index is 0. The van der Waals surface area contributed by atoms with Gasteiger partial charge in [0.15, 0.2) is 0 Å². The predicted molar refractivity (Wildman–Crippen MR) is 255 cm³/mol. The Labute approximate surface area is 389 Å². The van der Waals surface area contributed by atoms with Crippen LogP contribution in [0.1, 0.15) is 72.9 Å². The zero-order chi connectivity index (χ0) is 43.9. The Balaban J connectivity index is 0.00000630. The number of rotatable bonds is 12. The molecule has 6 aromatic rings. The van der Waals surface area contributed by atoms with E-state index >= 15 is 0 Å². The Morgan fingerprint density at radius 2 is 0.462 bits per heavy atom. The fraction of sp³-hybridized carbons (Fsp3) is 0.160. The zero-order valence-electron chi connectivity index (χ0n) is 36.2. The number of nitrogens with zero attached hydrogens (tertiary/aromatic N) is 6. The summed E-state index contributed by atoms with van der Waals surface area (Å²) < 4.78 is 40.5. The first-order valence-corrected chi connectivity index (χ1v) is 21.8. The van der Waals surface area contributed by atoms with E-state index in [1.54, 1.807) is 0 Å². The van der Waals surface area contributed by atoms with Gasteiger partial charge in [-0.2, -0.15) is 0 Å². The van der Waals surface area contributed by atoms with Gasteiger partial charge in [-0.3, -0.25) is 0 Å². The topological polar surface area (TPSA) is 130 Å². The van der Waals surface area contributed by atoms with Gasteiger partial charge >= 0.3 is 30.3 Å². The van der Waals surface area contributed by atoms with E-state index in [1.165, 1.54) is 0 Å². The van der Waals surface area contributed by atoms with Crippen LogP contribution in [0.2, 0.25) is 12.6 Å². The van der Waals surface area contributed by atoms with Gasteiger partial charge in [0.1, 0.15) is 34.3 Å². The maximum Gasteiger partial charge on any atom is 2.00 e. The molecule has 0 N–H and O–H groups in total. The average molecular weight is 910 g/mol. The Bertz CT molecular complexity index is 2180. The second kappa shape index (κ2) is 22.4. The second-order valence-electron chi connectivity index (χ2n) is 15.3. The minimum Gasteiger partial charge on any atom is -0.539 e. The van der Waals surface area contributed by atoms with Gasteiger partial charge in [-0.1, -0.05) is 234 Å². The molecule has 0 spiro atoms. The molecule has 3 heterocycles. The quantitative estimate of drug-likeness (QED) is 0.112. The minimum atomic E-state index is -3.07. The molecule has 3 aliphatic heterocycles. The second-order valence-corrected chi connectivity index (χ2v) is 15.3. The summed E-state index contributed by atoms with van der Waals surface area (Å²) in [5.41, 5.74) is 5.80. The van der Waals surface area contributed by atoms with E-state index in [-0.39, 0.29) is 29.4 Å². The first kappa shape index (κ1) is 45.8. The number of oxime groups is 6. The van der Waals surface area contributed by atoms with Crippen molar-refractivity contribution < 1.29 is 45.3 Å². The van der Waals surface area contributed by atoms with Gasteiger partial charge in [-0.25, -0.2) is 0 Å². The number of unbranched alkanes of at least 4 members (excludes halogenated alkanes) is 2. The Kier molecular flexibility index (Phi) is 15.8. The maximum absolute atomic E-state index is 6.75. The first-order chi connectivity index (χ1) is 31.6. The van der Waals surface area contributed by atoms with Crippen LogP contribution in [0.25, 0.3) is 0 Å². The average Bonchev–Trinajstić information content (AvgIpc) is 3.36. The molecule has 0 fully saturated rings. The molecule has 0 aromatic heterocycles. The Hall–Kier alpha value is -7.22. The van der Waals surface area contributed by atoms with Gasteiger partial charge in [0.2, 0.25) is 0 Å². The molecule has 3 aliphatic rings. The molecule has 329 valence electrons. The van der Waals surface area contributed by atoms with E-state index in [0.29, 0.717) is 80.5 Å². The third-order valence-corrected chi connectivity index (χ3v) is 10.6. The summed E-state index contributed by atoms with van der Waals surface area (Å²) in [5, 5.41) is 29.5. The van der Waals surface area contributed by atoms with Gasteiger partial charge in [0, 0.05) is 33.4 Å². The summed E-state index contributed by atoms with van der Waals surface area (Å²) in [6, 6.07) is 57.2. The smallest absolute Gasteiger partial charge is 0.539 e. The molecule has 0 saturated carbocycles. The summed E-state index contributed by atoms with van der Waals surface area (Å²) in [5.74, 6) is 0. The monoisotopic (exact) mass is 909 g/mol. The molecule has 15 heteroatoms. The summed E-state index contributed by atoms with van der Waals surface area (Å²) in [6.07, 6.45) is 3.03. The van der Waals surface area contributed by atoms with Crippen molar-refractivity contribution in [1.29, 1.82) is 0 Å². The third kappa shape index (κ3) is 11.3. The van der Waals surface area contributed by atoms with Crippen LogP contribution >= 0.6 is 0 Å². The van der Waals surface area contributed by atoms with Crippen LogP contribution in [-0.4, -0.2) is 47.8 Å². The molecule has 0 atom stereocenters. The number of benzene rings is 6. The number of hydrogen-bond acceptors (Lipinski definition) is 12. The van der Waals surface area contributed by atoms with Crippen molar-refractivity contribution in [3.63, 3.8) is 0 Å². The van der Waals surface area contributed by atoms with Gasteiger partial charge < -0.3 is 28.5 Å². The van der Waals surface area contributed by atoms with E-state index in [1.807, 2.05) is 182 Å². The fourth-order valence-electron chi connectivity index (χ4n) is 7.11. The molecular formula is C50H48B2CoN6O6. The van der Waals surface area contributed by atoms with Crippen LogP contribution in [0.3, 0.4) is 0 Å². The Morgan fingerprint density at radius 3 is 0.615 bits per heavy atom. The van der Waals surface area contributed by atoms with Gasteiger partial charge in [0.05, 0.1) is 0 Å². The first-order valence-electron chi connectivity index (χ1n) is 21.8. The molecule has 1 radical (unpaired) electrons. The van der Waals surface area contributed by atoms with Crippen LogP contribution in [0, 0.1) is 0 Å². The zero-order valence-corrected chi connectivity index (χ0v) is 37.2. The molecule has 2 bridgehead atoms. The van der Waals surface area contributed by atoms with Crippen LogP contribution < -0.4 is 0 Å². The largest absolute Gasteiger partial charge is 2.00 e. The molecule has 0 unspecified atom stereocenters. The van der Waals surface area contributed by atoms with Gasteiger partial charge in [-0.05, 0) is 0 Å². The van der Waals surface area contributed by atoms with Crippen LogP contribution in [0.5, 0.6) is 0 Å². The Morgan fingerprint density at radius 1 is 0.292 bits per heavy atom. The van der Waals surface area contributed by atoms with Gasteiger partial charge in [-0.15, -0.1) is 30.9 Å². The number of fused-ring (bicyclic) bond motifs is 9. The van der Waals surface area contributed by atoms with Gasteiger partial charge in [0.25, 0.3) is 0 Å². The predicted octanol–water partition coefficient (Wildman–Crippen LogP) is 11.0. The summed E-state index contributed by atoms with van der Waals surface area (Å²) >= 11 is 0. The van der Waals surface area contributed by atoms with E-state index < -0.39 is 13.5 Å². The number of hydrogen-bond donors (Lipinski definition) is 0. The van der Waals surface area contributed by atoms with Crippen molar-refractivity contribution >= 4 is 47.8 Å². The molecule has 65 heavy (non-hydrogen) atoms.